The number of aromatic nitrogens is 2. The number of carboxylic acid groups (broad SMARTS) is 1. The van der Waals surface area contributed by atoms with Gasteiger partial charge in [-0.15, -0.1) is 0 Å². The Kier molecular flexibility index (Phi) is 4.69. The number of rotatable bonds is 7. The van der Waals surface area contributed by atoms with Crippen molar-refractivity contribution in [3.8, 4) is 0 Å². The molecule has 1 aliphatic rings. The maximum Gasteiger partial charge on any atom is 0.313 e. The maximum atomic E-state index is 11.9. The minimum Gasteiger partial charge on any atom is -0.481 e. The van der Waals surface area contributed by atoms with E-state index in [0.717, 1.165) is 30.3 Å². The highest BCUT2D eigenvalue weighted by Crippen LogP contribution is 2.24. The molecule has 0 aromatic carbocycles. The van der Waals surface area contributed by atoms with Crippen molar-refractivity contribution in [1.82, 2.24) is 14.9 Å². The van der Waals surface area contributed by atoms with Gasteiger partial charge in [0.2, 0.25) is 5.91 Å². The van der Waals surface area contributed by atoms with Gasteiger partial charge in [-0.25, -0.2) is 4.98 Å². The van der Waals surface area contributed by atoms with E-state index in [0.29, 0.717) is 11.2 Å². The van der Waals surface area contributed by atoms with Gasteiger partial charge in [0.1, 0.15) is 6.54 Å². The lowest BCUT2D eigenvalue weighted by Gasteiger charge is -2.13. The van der Waals surface area contributed by atoms with E-state index in [-0.39, 0.29) is 24.1 Å². The number of nitrogens with zero attached hydrogens (tertiary/aromatic N) is 2. The molecule has 1 heterocycles. The lowest BCUT2D eigenvalue weighted by molar-refractivity contribution is -0.133. The van der Waals surface area contributed by atoms with Gasteiger partial charge in [0.15, 0.2) is 5.16 Å². The quantitative estimate of drug-likeness (QED) is 0.744. The Morgan fingerprint density at radius 2 is 2.25 bits per heavy atom. The fourth-order valence-corrected chi connectivity index (χ4v) is 2.58. The first kappa shape index (κ1) is 14.9. The predicted octanol–water partition coefficient (Wildman–Crippen LogP) is 1.46. The van der Waals surface area contributed by atoms with Gasteiger partial charge in [0, 0.05) is 17.9 Å². The van der Waals surface area contributed by atoms with Gasteiger partial charge in [0.05, 0.1) is 5.75 Å². The van der Waals surface area contributed by atoms with Crippen molar-refractivity contribution in [3.63, 3.8) is 0 Å². The molecule has 0 aliphatic heterocycles. The molecular weight excluding hydrogens is 278 g/mol. The van der Waals surface area contributed by atoms with Crippen LogP contribution in [0.15, 0.2) is 11.4 Å². The lowest BCUT2D eigenvalue weighted by Crippen LogP contribution is -2.30. The summed E-state index contributed by atoms with van der Waals surface area (Å²) in [5.41, 5.74) is 0.948. The maximum absolute atomic E-state index is 11.9. The first-order chi connectivity index (χ1) is 9.47. The first-order valence-electron chi connectivity index (χ1n) is 6.66. The summed E-state index contributed by atoms with van der Waals surface area (Å²) >= 11 is 1.14. The number of amides is 1. The normalized spacial score (nSPS) is 14.6. The number of hydrogen-bond acceptors (Lipinski definition) is 4. The van der Waals surface area contributed by atoms with Gasteiger partial charge in [-0.1, -0.05) is 25.6 Å². The molecule has 1 saturated carbocycles. The van der Waals surface area contributed by atoms with E-state index in [1.54, 1.807) is 6.20 Å². The molecule has 1 aromatic rings. The van der Waals surface area contributed by atoms with Crippen LogP contribution < -0.4 is 5.32 Å². The average molecular weight is 297 g/mol. The highest BCUT2D eigenvalue weighted by atomic mass is 32.2. The topological polar surface area (TPSA) is 84.2 Å². The standard InChI is InChI=1S/C13H19N3O3S/c1-8(2)10-5-14-13(20-7-12(18)19)16(10)6-11(17)15-9-3-4-9/h5,8-9H,3-4,6-7H2,1-2H3,(H,15,17)(H,18,19). The van der Waals surface area contributed by atoms with Crippen LogP contribution in [0.3, 0.4) is 0 Å². The highest BCUT2D eigenvalue weighted by Gasteiger charge is 2.24. The second-order valence-electron chi connectivity index (χ2n) is 5.23. The van der Waals surface area contributed by atoms with E-state index in [1.165, 1.54) is 0 Å². The highest BCUT2D eigenvalue weighted by molar-refractivity contribution is 7.99. The SMILES string of the molecule is CC(C)c1cnc(SCC(=O)O)n1CC(=O)NC1CC1. The number of thioether (sulfide) groups is 1. The number of imidazole rings is 1. The smallest absolute Gasteiger partial charge is 0.313 e. The van der Waals surface area contributed by atoms with Crippen molar-refractivity contribution in [1.29, 1.82) is 0 Å². The molecule has 7 heteroatoms. The second kappa shape index (κ2) is 6.30. The van der Waals surface area contributed by atoms with Gasteiger partial charge in [-0.05, 0) is 18.8 Å². The number of nitrogens with one attached hydrogen (secondary N) is 1. The first-order valence-corrected chi connectivity index (χ1v) is 7.65. The third kappa shape index (κ3) is 4.00. The molecule has 0 bridgehead atoms. The van der Waals surface area contributed by atoms with Crippen molar-refractivity contribution in [2.75, 3.05) is 5.75 Å². The minimum atomic E-state index is -0.891. The molecule has 2 rings (SSSR count). The van der Waals surface area contributed by atoms with Gasteiger partial charge < -0.3 is 15.0 Å². The zero-order chi connectivity index (χ0) is 14.7. The summed E-state index contributed by atoms with van der Waals surface area (Å²) in [5, 5.41) is 12.3. The monoisotopic (exact) mass is 297 g/mol. The zero-order valence-electron chi connectivity index (χ0n) is 11.6. The summed E-state index contributed by atoms with van der Waals surface area (Å²) in [6.07, 6.45) is 3.82. The summed E-state index contributed by atoms with van der Waals surface area (Å²) in [6.45, 7) is 4.25. The lowest BCUT2D eigenvalue weighted by atomic mass is 10.1. The fraction of sp³-hybridized carbons (Fsp3) is 0.615. The Balaban J connectivity index is 2.10. The van der Waals surface area contributed by atoms with Crippen LogP contribution in [0.5, 0.6) is 0 Å². The van der Waals surface area contributed by atoms with Crippen molar-refractivity contribution in [3.05, 3.63) is 11.9 Å². The summed E-state index contributed by atoms with van der Waals surface area (Å²) in [7, 11) is 0. The molecule has 1 amide bonds. The van der Waals surface area contributed by atoms with Gasteiger partial charge in [-0.3, -0.25) is 9.59 Å². The van der Waals surface area contributed by atoms with Crippen LogP contribution in [0.25, 0.3) is 0 Å². The predicted molar refractivity (Wildman–Crippen MR) is 75.8 cm³/mol. The van der Waals surface area contributed by atoms with E-state index >= 15 is 0 Å². The van der Waals surface area contributed by atoms with Gasteiger partial charge in [-0.2, -0.15) is 0 Å². The van der Waals surface area contributed by atoms with E-state index in [2.05, 4.69) is 10.3 Å². The van der Waals surface area contributed by atoms with E-state index < -0.39 is 5.97 Å². The molecule has 0 unspecified atom stereocenters. The Hall–Kier alpha value is -1.50. The average Bonchev–Trinajstić information content (AvgIpc) is 3.06. The molecule has 1 aliphatic carbocycles. The van der Waals surface area contributed by atoms with E-state index in [1.807, 2.05) is 18.4 Å². The molecule has 2 N–H and O–H groups in total. The third-order valence-corrected chi connectivity index (χ3v) is 3.99. The van der Waals surface area contributed by atoms with Gasteiger partial charge in [0.25, 0.3) is 0 Å². The van der Waals surface area contributed by atoms with Crippen LogP contribution in [0.1, 0.15) is 38.3 Å². The van der Waals surface area contributed by atoms with Gasteiger partial charge >= 0.3 is 5.97 Å². The molecule has 1 aromatic heterocycles. The molecule has 0 saturated heterocycles. The Labute approximate surface area is 122 Å². The fourth-order valence-electron chi connectivity index (χ4n) is 1.88. The van der Waals surface area contributed by atoms with Crippen molar-refractivity contribution in [2.24, 2.45) is 0 Å². The molecule has 6 nitrogen and oxygen atoms in total. The van der Waals surface area contributed by atoms with Crippen molar-refractivity contribution in [2.45, 2.75) is 50.4 Å². The molecule has 1 fully saturated rings. The molecule has 0 spiro atoms. The summed E-state index contributed by atoms with van der Waals surface area (Å²) in [4.78, 5) is 26.8. The van der Waals surface area contributed by atoms with Crippen LogP contribution in [-0.2, 0) is 16.1 Å². The summed E-state index contributed by atoms with van der Waals surface area (Å²) < 4.78 is 1.82. The van der Waals surface area contributed by atoms with Crippen molar-refractivity contribution >= 4 is 23.6 Å². The number of aliphatic carboxylic acids is 1. The minimum absolute atomic E-state index is 0.0374. The number of carbonyl (C=O) groups is 2. The van der Waals surface area contributed by atoms with Crippen LogP contribution in [0, 0.1) is 0 Å². The van der Waals surface area contributed by atoms with Crippen molar-refractivity contribution < 1.29 is 14.7 Å². The Bertz CT molecular complexity index is 509. The summed E-state index contributed by atoms with van der Waals surface area (Å²) in [6, 6.07) is 0.323. The third-order valence-electron chi connectivity index (χ3n) is 3.01. The molecule has 0 radical (unpaired) electrons. The van der Waals surface area contributed by atoms with Crippen LogP contribution in [0.4, 0.5) is 0 Å². The number of carboxylic acids is 1. The zero-order valence-corrected chi connectivity index (χ0v) is 12.4. The summed E-state index contributed by atoms with van der Waals surface area (Å²) in [5.74, 6) is -0.753. The largest absolute Gasteiger partial charge is 0.481 e. The van der Waals surface area contributed by atoms with E-state index in [4.69, 9.17) is 5.11 Å². The second-order valence-corrected chi connectivity index (χ2v) is 6.17. The number of hydrogen-bond donors (Lipinski definition) is 2. The van der Waals surface area contributed by atoms with Crippen LogP contribution in [0.2, 0.25) is 0 Å². The Morgan fingerprint density at radius 1 is 1.55 bits per heavy atom. The van der Waals surface area contributed by atoms with E-state index in [9.17, 15) is 9.59 Å². The molecule has 0 atom stereocenters. The van der Waals surface area contributed by atoms with Crippen LogP contribution >= 0.6 is 11.8 Å². The molecular formula is C13H19N3O3S. The Morgan fingerprint density at radius 3 is 2.80 bits per heavy atom. The molecule has 20 heavy (non-hydrogen) atoms. The van der Waals surface area contributed by atoms with Crippen LogP contribution in [-0.4, -0.2) is 38.3 Å². The molecule has 110 valence electrons. The number of carbonyl (C=O) groups excluding carboxylic acids is 1.